The molecular formula is C41H47F3N4O2. The molecule has 2 aliphatic heterocycles. The quantitative estimate of drug-likeness (QED) is 0.237. The van der Waals surface area contributed by atoms with Gasteiger partial charge in [-0.1, -0.05) is 65.8 Å². The number of likely N-dealkylation sites (tertiary alicyclic amines) is 2. The van der Waals surface area contributed by atoms with E-state index in [1.54, 1.807) is 30.5 Å². The Bertz CT molecular complexity index is 1820. The van der Waals surface area contributed by atoms with Crippen molar-refractivity contribution in [3.8, 4) is 11.1 Å². The normalized spacial score (nSPS) is 22.1. The van der Waals surface area contributed by atoms with Crippen molar-refractivity contribution in [2.75, 3.05) is 38.0 Å². The Labute approximate surface area is 293 Å². The number of allylic oxidation sites excluding steroid dienone is 4. The number of nitrogens with zero attached hydrogens (tertiary/aromatic N) is 3. The van der Waals surface area contributed by atoms with E-state index < -0.39 is 11.6 Å². The monoisotopic (exact) mass is 684 g/mol. The van der Waals surface area contributed by atoms with Gasteiger partial charge < -0.3 is 10.4 Å². The van der Waals surface area contributed by atoms with Crippen molar-refractivity contribution in [3.05, 3.63) is 112 Å². The number of carbonyl (C=O) groups excluding carboxylic acids is 1. The summed E-state index contributed by atoms with van der Waals surface area (Å²) in [6.45, 7) is 11.8. The minimum Gasteiger partial charge on any atom is -0.392 e. The zero-order valence-corrected chi connectivity index (χ0v) is 29.4. The van der Waals surface area contributed by atoms with Crippen LogP contribution in [0.25, 0.3) is 17.2 Å². The minimum atomic E-state index is -4.39. The van der Waals surface area contributed by atoms with Crippen molar-refractivity contribution < 1.29 is 23.1 Å². The molecule has 2 saturated heterocycles. The summed E-state index contributed by atoms with van der Waals surface area (Å²) in [4.78, 5) is 22.0. The summed E-state index contributed by atoms with van der Waals surface area (Å²) < 4.78 is 44.1. The number of hydrogen-bond donors (Lipinski definition) is 2. The number of alkyl halides is 3. The maximum atomic E-state index is 14.7. The van der Waals surface area contributed by atoms with Gasteiger partial charge in [0, 0.05) is 38.1 Å². The zero-order chi connectivity index (χ0) is 35.6. The molecule has 3 aliphatic rings. The summed E-state index contributed by atoms with van der Waals surface area (Å²) in [5.41, 5.74) is 6.55. The fraction of sp³-hybridized carbons (Fsp3) is 0.415. The Morgan fingerprint density at radius 1 is 0.960 bits per heavy atom. The van der Waals surface area contributed by atoms with Gasteiger partial charge in [-0.25, -0.2) is 0 Å². The predicted molar refractivity (Wildman–Crippen MR) is 194 cm³/mol. The highest BCUT2D eigenvalue weighted by atomic mass is 19.4. The molecule has 1 aliphatic carbocycles. The summed E-state index contributed by atoms with van der Waals surface area (Å²) in [5.74, 6) is -0.316. The van der Waals surface area contributed by atoms with Crippen molar-refractivity contribution >= 4 is 17.7 Å². The van der Waals surface area contributed by atoms with E-state index in [4.69, 9.17) is 0 Å². The molecular weight excluding hydrogens is 637 g/mol. The molecule has 2 atom stereocenters. The first kappa shape index (κ1) is 35.8. The smallest absolute Gasteiger partial charge is 0.392 e. The standard InChI is InChI=1S/C41H47F3N4O2/c1-27-21-33(40(4,41(42,43)44)22-32(27)25-47-18-5-6-19-47)15-14-31-9-7-10-35(28(31)2)36-11-8-12-37(29(36)3)46-39(50)38-16-13-30(23-45-38)24-48-20-17-34(49)26-48/h7-16,21,23,34,49H,5-6,17-20,22,24-26H2,1-4H3,(H,46,50)/b15-14+/t34-,40?/m1/s1. The summed E-state index contributed by atoms with van der Waals surface area (Å²) in [5, 5.41) is 12.8. The van der Waals surface area contributed by atoms with Gasteiger partial charge in [-0.15, -0.1) is 0 Å². The molecule has 2 N–H and O–H groups in total. The second-order valence-electron chi connectivity index (χ2n) is 14.4. The third-order valence-corrected chi connectivity index (χ3v) is 10.8. The van der Waals surface area contributed by atoms with Crippen LogP contribution in [0.2, 0.25) is 0 Å². The van der Waals surface area contributed by atoms with Crippen LogP contribution in [-0.4, -0.2) is 70.8 Å². The van der Waals surface area contributed by atoms with Crippen LogP contribution in [0, 0.1) is 19.3 Å². The number of rotatable bonds is 9. The molecule has 264 valence electrons. The number of amides is 1. The largest absolute Gasteiger partial charge is 0.398 e. The number of nitrogens with one attached hydrogen (secondary N) is 1. The maximum Gasteiger partial charge on any atom is 0.398 e. The lowest BCUT2D eigenvalue weighted by atomic mass is 9.71. The molecule has 9 heteroatoms. The SMILES string of the molecule is CC1=C(CN2CCCC2)CC(C)(C(F)(F)F)C(/C=C/c2cccc(-c3cccc(NC(=O)c4ccc(CN5CC[C@@H](O)C5)cn4)c3C)c2C)=C1. The maximum absolute atomic E-state index is 14.7. The molecule has 3 heterocycles. The van der Waals surface area contributed by atoms with Crippen LogP contribution in [0.15, 0.2) is 83.6 Å². The predicted octanol–water partition coefficient (Wildman–Crippen LogP) is 8.51. The van der Waals surface area contributed by atoms with Crippen molar-refractivity contribution in [2.45, 2.75) is 72.2 Å². The summed E-state index contributed by atoms with van der Waals surface area (Å²) in [7, 11) is 0. The number of aromatic nitrogens is 1. The van der Waals surface area contributed by atoms with Gasteiger partial charge in [0.05, 0.1) is 11.5 Å². The fourth-order valence-electron chi connectivity index (χ4n) is 7.47. The molecule has 50 heavy (non-hydrogen) atoms. The van der Waals surface area contributed by atoms with Gasteiger partial charge in [-0.2, -0.15) is 13.2 Å². The Morgan fingerprint density at radius 2 is 1.68 bits per heavy atom. The number of β-amino-alcohol motifs (C(OH)–C–C–N with tert-alkyl or cyclic N) is 1. The lowest BCUT2D eigenvalue weighted by Crippen LogP contribution is -2.40. The zero-order valence-electron chi connectivity index (χ0n) is 29.4. The van der Waals surface area contributed by atoms with Gasteiger partial charge in [0.15, 0.2) is 0 Å². The van der Waals surface area contributed by atoms with Gasteiger partial charge in [0.2, 0.25) is 0 Å². The van der Waals surface area contributed by atoms with Crippen molar-refractivity contribution in [2.24, 2.45) is 5.41 Å². The fourth-order valence-corrected chi connectivity index (χ4v) is 7.47. The number of aliphatic hydroxyl groups is 1. The molecule has 0 radical (unpaired) electrons. The lowest BCUT2D eigenvalue weighted by Gasteiger charge is -2.38. The molecule has 0 bridgehead atoms. The Morgan fingerprint density at radius 3 is 2.34 bits per heavy atom. The molecule has 6 nitrogen and oxygen atoms in total. The number of halogens is 3. The summed E-state index contributed by atoms with van der Waals surface area (Å²) in [6, 6.07) is 15.2. The van der Waals surface area contributed by atoms with Crippen LogP contribution in [0.5, 0.6) is 0 Å². The van der Waals surface area contributed by atoms with Crippen molar-refractivity contribution in [3.63, 3.8) is 0 Å². The van der Waals surface area contributed by atoms with Gasteiger partial charge >= 0.3 is 6.18 Å². The van der Waals surface area contributed by atoms with Crippen LogP contribution < -0.4 is 5.32 Å². The first-order valence-corrected chi connectivity index (χ1v) is 17.6. The topological polar surface area (TPSA) is 68.7 Å². The molecule has 0 spiro atoms. The van der Waals surface area contributed by atoms with Crippen LogP contribution in [-0.2, 0) is 6.54 Å². The summed E-state index contributed by atoms with van der Waals surface area (Å²) >= 11 is 0. The van der Waals surface area contributed by atoms with Crippen LogP contribution in [0.1, 0.15) is 72.3 Å². The van der Waals surface area contributed by atoms with Crippen LogP contribution in [0.3, 0.4) is 0 Å². The Hall–Kier alpha value is -4.05. The molecule has 2 aromatic carbocycles. The summed E-state index contributed by atoms with van der Waals surface area (Å²) in [6.07, 6.45) is 5.14. The third-order valence-electron chi connectivity index (χ3n) is 10.8. The number of hydrogen-bond acceptors (Lipinski definition) is 5. The second kappa shape index (κ2) is 14.7. The van der Waals surface area contributed by atoms with E-state index in [1.807, 2.05) is 63.2 Å². The highest BCUT2D eigenvalue weighted by Gasteiger charge is 2.54. The van der Waals surface area contributed by atoms with E-state index in [9.17, 15) is 23.1 Å². The second-order valence-corrected chi connectivity index (χ2v) is 14.4. The average Bonchev–Trinajstić information content (AvgIpc) is 3.75. The molecule has 1 amide bonds. The van der Waals surface area contributed by atoms with E-state index in [0.717, 1.165) is 83.4 Å². The van der Waals surface area contributed by atoms with Crippen LogP contribution >= 0.6 is 0 Å². The van der Waals surface area contributed by atoms with Gasteiger partial charge in [-0.05, 0) is 118 Å². The minimum absolute atomic E-state index is 0.0327. The number of pyridine rings is 1. The molecule has 2 fully saturated rings. The van der Waals surface area contributed by atoms with Crippen molar-refractivity contribution in [1.29, 1.82) is 0 Å². The number of aliphatic hydroxyl groups excluding tert-OH is 1. The highest BCUT2D eigenvalue weighted by Crippen LogP contribution is 2.52. The van der Waals surface area contributed by atoms with E-state index in [2.05, 4.69) is 20.1 Å². The van der Waals surface area contributed by atoms with Crippen LogP contribution in [0.4, 0.5) is 18.9 Å². The third kappa shape index (κ3) is 7.65. The van der Waals surface area contributed by atoms with E-state index in [1.165, 1.54) is 6.92 Å². The molecule has 6 rings (SSSR count). The lowest BCUT2D eigenvalue weighted by molar-refractivity contribution is -0.203. The van der Waals surface area contributed by atoms with Gasteiger partial charge in [-0.3, -0.25) is 19.6 Å². The number of anilines is 1. The average molecular weight is 685 g/mol. The molecule has 3 aromatic rings. The van der Waals surface area contributed by atoms with Gasteiger partial charge in [0.25, 0.3) is 5.91 Å². The first-order valence-electron chi connectivity index (χ1n) is 17.6. The van der Waals surface area contributed by atoms with E-state index in [0.29, 0.717) is 31.0 Å². The number of benzene rings is 2. The van der Waals surface area contributed by atoms with E-state index >= 15 is 0 Å². The van der Waals surface area contributed by atoms with Gasteiger partial charge in [0.1, 0.15) is 5.69 Å². The van der Waals surface area contributed by atoms with Crippen molar-refractivity contribution in [1.82, 2.24) is 14.8 Å². The Kier molecular flexibility index (Phi) is 10.5. The first-order chi connectivity index (χ1) is 23.8. The van der Waals surface area contributed by atoms with E-state index in [-0.39, 0.29) is 24.0 Å². The highest BCUT2D eigenvalue weighted by molar-refractivity contribution is 6.03. The molecule has 1 unspecified atom stereocenters. The Balaban J connectivity index is 1.21. The molecule has 0 saturated carbocycles. The number of carbonyl (C=O) groups is 1. The molecule has 1 aromatic heterocycles.